The van der Waals surface area contributed by atoms with Gasteiger partial charge in [-0.05, 0) is 18.6 Å². The molecule has 2 aromatic heterocycles. The van der Waals surface area contributed by atoms with Gasteiger partial charge < -0.3 is 4.52 Å². The van der Waals surface area contributed by atoms with Gasteiger partial charge in [-0.3, -0.25) is 4.98 Å². The predicted octanol–water partition coefficient (Wildman–Crippen LogP) is 2.54. The molecule has 0 aliphatic rings. The van der Waals surface area contributed by atoms with Gasteiger partial charge in [-0.1, -0.05) is 12.1 Å². The summed E-state index contributed by atoms with van der Waals surface area (Å²) in [5.41, 5.74) is 0.829. The van der Waals surface area contributed by atoms with Crippen LogP contribution in [0.3, 0.4) is 0 Å². The largest absolute Gasteiger partial charge is 0.339 e. The zero-order chi connectivity index (χ0) is 12.1. The van der Waals surface area contributed by atoms with E-state index in [1.54, 1.807) is 12.4 Å². The molecular formula is C12H12N4O. The highest BCUT2D eigenvalue weighted by atomic mass is 16.5. The third kappa shape index (κ3) is 2.67. The Morgan fingerprint density at radius 1 is 1.53 bits per heavy atom. The van der Waals surface area contributed by atoms with Crippen LogP contribution in [0.1, 0.15) is 31.6 Å². The molecule has 1 unspecified atom stereocenters. The van der Waals surface area contributed by atoms with E-state index >= 15 is 0 Å². The van der Waals surface area contributed by atoms with Crippen LogP contribution in [-0.4, -0.2) is 15.1 Å². The SMILES string of the molecule is CC(CCC#N)c1nc(-c2cccnc2)no1. The van der Waals surface area contributed by atoms with Gasteiger partial charge >= 0.3 is 0 Å². The lowest BCUT2D eigenvalue weighted by atomic mass is 10.1. The number of nitrogens with zero attached hydrogens (tertiary/aromatic N) is 4. The van der Waals surface area contributed by atoms with Crippen LogP contribution in [0.25, 0.3) is 11.4 Å². The molecule has 0 aromatic carbocycles. The third-order valence-electron chi connectivity index (χ3n) is 2.47. The van der Waals surface area contributed by atoms with Gasteiger partial charge in [0, 0.05) is 30.3 Å². The van der Waals surface area contributed by atoms with Gasteiger partial charge in [-0.25, -0.2) is 0 Å². The molecule has 0 radical (unpaired) electrons. The van der Waals surface area contributed by atoms with E-state index in [-0.39, 0.29) is 5.92 Å². The maximum absolute atomic E-state index is 8.52. The lowest BCUT2D eigenvalue weighted by Gasteiger charge is -2.00. The molecule has 2 aromatic rings. The van der Waals surface area contributed by atoms with E-state index in [9.17, 15) is 0 Å². The standard InChI is InChI=1S/C12H12N4O/c1-9(4-2-6-13)12-15-11(16-17-12)10-5-3-7-14-8-10/h3,5,7-9H,2,4H2,1H3. The van der Waals surface area contributed by atoms with Crippen molar-refractivity contribution in [3.63, 3.8) is 0 Å². The van der Waals surface area contributed by atoms with Crippen molar-refractivity contribution in [3.8, 4) is 17.5 Å². The van der Waals surface area contributed by atoms with Crippen LogP contribution in [0.5, 0.6) is 0 Å². The number of pyridine rings is 1. The number of hydrogen-bond acceptors (Lipinski definition) is 5. The first-order valence-corrected chi connectivity index (χ1v) is 5.42. The zero-order valence-electron chi connectivity index (χ0n) is 9.50. The number of aromatic nitrogens is 3. The third-order valence-corrected chi connectivity index (χ3v) is 2.47. The van der Waals surface area contributed by atoms with Gasteiger partial charge in [0.15, 0.2) is 0 Å². The molecule has 0 bridgehead atoms. The van der Waals surface area contributed by atoms with Crippen LogP contribution < -0.4 is 0 Å². The summed E-state index contributed by atoms with van der Waals surface area (Å²) in [4.78, 5) is 8.31. The highest BCUT2D eigenvalue weighted by Gasteiger charge is 2.14. The molecule has 0 aliphatic carbocycles. The second kappa shape index (κ2) is 5.21. The highest BCUT2D eigenvalue weighted by Crippen LogP contribution is 2.21. The smallest absolute Gasteiger partial charge is 0.229 e. The van der Waals surface area contributed by atoms with Crippen LogP contribution in [0, 0.1) is 11.3 Å². The Kier molecular flexibility index (Phi) is 3.46. The van der Waals surface area contributed by atoms with E-state index in [4.69, 9.17) is 9.78 Å². The van der Waals surface area contributed by atoms with Crippen molar-refractivity contribution in [3.05, 3.63) is 30.4 Å². The molecule has 0 spiro atoms. The van der Waals surface area contributed by atoms with Crippen molar-refractivity contribution in [2.75, 3.05) is 0 Å². The van der Waals surface area contributed by atoms with Gasteiger partial charge in [-0.2, -0.15) is 10.2 Å². The molecule has 2 rings (SSSR count). The van der Waals surface area contributed by atoms with Gasteiger partial charge in [0.2, 0.25) is 11.7 Å². The van der Waals surface area contributed by atoms with Crippen molar-refractivity contribution in [1.82, 2.24) is 15.1 Å². The van der Waals surface area contributed by atoms with E-state index in [1.165, 1.54) is 0 Å². The van der Waals surface area contributed by atoms with E-state index in [2.05, 4.69) is 21.2 Å². The lowest BCUT2D eigenvalue weighted by Crippen LogP contribution is -1.93. The Labute approximate surface area is 99.1 Å². The molecule has 1 atom stereocenters. The van der Waals surface area contributed by atoms with Gasteiger partial charge in [0.05, 0.1) is 6.07 Å². The normalized spacial score (nSPS) is 12.0. The summed E-state index contributed by atoms with van der Waals surface area (Å²) in [5.74, 6) is 1.21. The Bertz CT molecular complexity index is 515. The minimum absolute atomic E-state index is 0.104. The molecule has 0 fully saturated rings. The molecule has 2 heterocycles. The van der Waals surface area contributed by atoms with Crippen LogP contribution in [0.2, 0.25) is 0 Å². The Balaban J connectivity index is 2.14. The zero-order valence-corrected chi connectivity index (χ0v) is 9.50. The van der Waals surface area contributed by atoms with Gasteiger partial charge in [0.1, 0.15) is 0 Å². The monoisotopic (exact) mass is 228 g/mol. The van der Waals surface area contributed by atoms with Crippen molar-refractivity contribution in [1.29, 1.82) is 5.26 Å². The second-order valence-corrected chi connectivity index (χ2v) is 3.80. The second-order valence-electron chi connectivity index (χ2n) is 3.80. The Hall–Kier alpha value is -2.22. The summed E-state index contributed by atoms with van der Waals surface area (Å²) >= 11 is 0. The first kappa shape index (κ1) is 11.3. The summed E-state index contributed by atoms with van der Waals surface area (Å²) < 4.78 is 5.18. The fourth-order valence-electron chi connectivity index (χ4n) is 1.45. The Morgan fingerprint density at radius 2 is 2.41 bits per heavy atom. The molecule has 0 aliphatic heterocycles. The molecule has 0 amide bonds. The number of nitriles is 1. The first-order valence-electron chi connectivity index (χ1n) is 5.42. The minimum atomic E-state index is 0.104. The maximum Gasteiger partial charge on any atom is 0.229 e. The van der Waals surface area contributed by atoms with E-state index < -0.39 is 0 Å². The highest BCUT2D eigenvalue weighted by molar-refractivity contribution is 5.51. The fraction of sp³-hybridized carbons (Fsp3) is 0.333. The van der Waals surface area contributed by atoms with E-state index in [0.29, 0.717) is 18.1 Å². The number of hydrogen-bond donors (Lipinski definition) is 0. The maximum atomic E-state index is 8.52. The predicted molar refractivity (Wildman–Crippen MR) is 60.8 cm³/mol. The van der Waals surface area contributed by atoms with Crippen LogP contribution in [0.15, 0.2) is 29.0 Å². The Morgan fingerprint density at radius 3 is 3.12 bits per heavy atom. The van der Waals surface area contributed by atoms with Gasteiger partial charge in [0.25, 0.3) is 0 Å². The molecule has 17 heavy (non-hydrogen) atoms. The topological polar surface area (TPSA) is 75.6 Å². The molecule has 0 saturated carbocycles. The molecule has 5 nitrogen and oxygen atoms in total. The molecule has 0 saturated heterocycles. The van der Waals surface area contributed by atoms with Crippen molar-refractivity contribution in [2.45, 2.75) is 25.7 Å². The molecule has 0 N–H and O–H groups in total. The first-order chi connectivity index (χ1) is 8.31. The summed E-state index contributed by atoms with van der Waals surface area (Å²) in [6.07, 6.45) is 4.60. The van der Waals surface area contributed by atoms with Crippen LogP contribution >= 0.6 is 0 Å². The molecular weight excluding hydrogens is 216 g/mol. The summed E-state index contributed by atoms with van der Waals surface area (Å²) in [7, 11) is 0. The molecule has 86 valence electrons. The molecule has 5 heteroatoms. The summed E-state index contributed by atoms with van der Waals surface area (Å²) in [6, 6.07) is 5.81. The van der Waals surface area contributed by atoms with Crippen LogP contribution in [-0.2, 0) is 0 Å². The van der Waals surface area contributed by atoms with Crippen molar-refractivity contribution >= 4 is 0 Å². The van der Waals surface area contributed by atoms with E-state index in [0.717, 1.165) is 12.0 Å². The van der Waals surface area contributed by atoms with Gasteiger partial charge in [-0.15, -0.1) is 0 Å². The quantitative estimate of drug-likeness (QED) is 0.803. The number of rotatable bonds is 4. The van der Waals surface area contributed by atoms with E-state index in [1.807, 2.05) is 19.1 Å². The summed E-state index contributed by atoms with van der Waals surface area (Å²) in [5, 5.41) is 12.4. The minimum Gasteiger partial charge on any atom is -0.339 e. The lowest BCUT2D eigenvalue weighted by molar-refractivity contribution is 0.355. The average Bonchev–Trinajstić information content (AvgIpc) is 2.86. The van der Waals surface area contributed by atoms with Crippen molar-refractivity contribution < 1.29 is 4.52 Å². The van der Waals surface area contributed by atoms with Crippen LogP contribution in [0.4, 0.5) is 0 Å². The fourth-order valence-corrected chi connectivity index (χ4v) is 1.45. The van der Waals surface area contributed by atoms with Crippen molar-refractivity contribution in [2.24, 2.45) is 0 Å². The summed E-state index contributed by atoms with van der Waals surface area (Å²) in [6.45, 7) is 1.97. The average molecular weight is 228 g/mol.